The lowest BCUT2D eigenvalue weighted by atomic mass is 9.85. The van der Waals surface area contributed by atoms with Crippen LogP contribution in [0.4, 0.5) is 0 Å². The van der Waals surface area contributed by atoms with E-state index in [1.54, 1.807) is 0 Å². The maximum absolute atomic E-state index is 12.7. The van der Waals surface area contributed by atoms with E-state index in [2.05, 4.69) is 4.90 Å². The number of nitrogens with zero attached hydrogens (tertiary/aromatic N) is 3. The van der Waals surface area contributed by atoms with Gasteiger partial charge in [-0.3, -0.25) is 24.2 Å². The summed E-state index contributed by atoms with van der Waals surface area (Å²) in [6, 6.07) is 5.99. The number of carbonyl (C=O) groups is 3. The molecule has 2 atom stereocenters. The van der Waals surface area contributed by atoms with Crippen LogP contribution < -0.4 is 9.47 Å². The monoisotopic (exact) mass is 425 g/mol. The molecule has 8 heteroatoms. The molecule has 0 bridgehead atoms. The van der Waals surface area contributed by atoms with E-state index in [4.69, 9.17) is 9.47 Å². The minimum absolute atomic E-state index is 0.0105. The van der Waals surface area contributed by atoms with Crippen molar-refractivity contribution in [3.8, 4) is 11.5 Å². The van der Waals surface area contributed by atoms with Crippen LogP contribution in [0.2, 0.25) is 0 Å². The summed E-state index contributed by atoms with van der Waals surface area (Å²) >= 11 is 0. The lowest BCUT2D eigenvalue weighted by Crippen LogP contribution is -2.49. The molecule has 31 heavy (non-hydrogen) atoms. The Labute approximate surface area is 181 Å². The first-order valence-electron chi connectivity index (χ1n) is 11.0. The second kappa shape index (κ2) is 8.34. The van der Waals surface area contributed by atoms with Crippen molar-refractivity contribution in [3.63, 3.8) is 0 Å². The van der Waals surface area contributed by atoms with E-state index in [1.807, 2.05) is 35.3 Å². The maximum Gasteiger partial charge on any atom is 0.233 e. The quantitative estimate of drug-likeness (QED) is 0.524. The van der Waals surface area contributed by atoms with Crippen molar-refractivity contribution in [1.29, 1.82) is 0 Å². The van der Waals surface area contributed by atoms with Gasteiger partial charge in [-0.2, -0.15) is 0 Å². The number of rotatable bonds is 5. The van der Waals surface area contributed by atoms with E-state index in [0.717, 1.165) is 36.7 Å². The number of benzene rings is 1. The van der Waals surface area contributed by atoms with E-state index in [1.165, 1.54) is 4.90 Å². The number of amides is 3. The standard InChI is InChI=1S/C23H27N3O5/c27-21(7-8-26-22(28)17-3-1-2-4-18(17)23(26)29)25-11-9-24(10-12-25)14-16-5-6-19-20(13-16)31-15-30-19/h1-2,5-6,13,17-18H,3-4,7-12,14-15H2/t17-,18-/m1/s1. The number of carbonyl (C=O) groups excluding carboxylic acids is 3. The Hall–Kier alpha value is -2.87. The number of fused-ring (bicyclic) bond motifs is 2. The Bertz CT molecular complexity index is 896. The van der Waals surface area contributed by atoms with Crippen molar-refractivity contribution in [3.05, 3.63) is 35.9 Å². The minimum atomic E-state index is -0.229. The lowest BCUT2D eigenvalue weighted by molar-refractivity contribution is -0.141. The highest BCUT2D eigenvalue weighted by Crippen LogP contribution is 2.35. The van der Waals surface area contributed by atoms with Gasteiger partial charge < -0.3 is 14.4 Å². The minimum Gasteiger partial charge on any atom is -0.454 e. The van der Waals surface area contributed by atoms with E-state index in [-0.39, 0.29) is 49.3 Å². The van der Waals surface area contributed by atoms with Crippen LogP contribution in [0.1, 0.15) is 24.8 Å². The molecule has 1 aromatic carbocycles. The van der Waals surface area contributed by atoms with Gasteiger partial charge in [0.05, 0.1) is 11.8 Å². The summed E-state index contributed by atoms with van der Waals surface area (Å²) in [4.78, 5) is 43.3. The zero-order valence-corrected chi connectivity index (χ0v) is 17.5. The van der Waals surface area contributed by atoms with Crippen molar-refractivity contribution in [2.45, 2.75) is 25.8 Å². The van der Waals surface area contributed by atoms with Gasteiger partial charge >= 0.3 is 0 Å². The summed E-state index contributed by atoms with van der Waals surface area (Å²) < 4.78 is 10.8. The first-order chi connectivity index (χ1) is 15.1. The number of allylic oxidation sites excluding steroid dienone is 2. The molecule has 1 aromatic rings. The molecule has 0 unspecified atom stereocenters. The average molecular weight is 425 g/mol. The Morgan fingerprint density at radius 3 is 2.32 bits per heavy atom. The largest absolute Gasteiger partial charge is 0.454 e. The van der Waals surface area contributed by atoms with Gasteiger partial charge in [0.1, 0.15) is 0 Å². The van der Waals surface area contributed by atoms with Gasteiger partial charge in [-0.05, 0) is 30.5 Å². The zero-order chi connectivity index (χ0) is 21.4. The third kappa shape index (κ3) is 3.92. The Morgan fingerprint density at radius 1 is 0.935 bits per heavy atom. The fourth-order valence-corrected chi connectivity index (χ4v) is 4.91. The fourth-order valence-electron chi connectivity index (χ4n) is 4.91. The van der Waals surface area contributed by atoms with Crippen molar-refractivity contribution >= 4 is 17.7 Å². The predicted octanol–water partition coefficient (Wildman–Crippen LogP) is 1.40. The highest BCUT2D eigenvalue weighted by atomic mass is 16.7. The van der Waals surface area contributed by atoms with Gasteiger partial charge in [0.25, 0.3) is 0 Å². The van der Waals surface area contributed by atoms with Crippen molar-refractivity contribution in [2.24, 2.45) is 11.8 Å². The third-order valence-corrected chi connectivity index (χ3v) is 6.72. The molecule has 2 fully saturated rings. The van der Waals surface area contributed by atoms with Crippen LogP contribution in [0.25, 0.3) is 0 Å². The van der Waals surface area contributed by atoms with Crippen molar-refractivity contribution < 1.29 is 23.9 Å². The molecule has 5 rings (SSSR count). The summed E-state index contributed by atoms with van der Waals surface area (Å²) in [5, 5.41) is 0. The molecule has 3 amide bonds. The molecule has 4 aliphatic rings. The SMILES string of the molecule is O=C(CCN1C(=O)[C@@H]2CC=CC[C@H]2C1=O)N1CCN(Cc2ccc3c(c2)OCO3)CC1. The summed E-state index contributed by atoms with van der Waals surface area (Å²) in [5.41, 5.74) is 1.16. The first kappa shape index (κ1) is 20.1. The summed E-state index contributed by atoms with van der Waals surface area (Å²) in [6.45, 7) is 4.15. The maximum atomic E-state index is 12.7. The smallest absolute Gasteiger partial charge is 0.233 e. The molecule has 0 aromatic heterocycles. The Morgan fingerprint density at radius 2 is 1.61 bits per heavy atom. The van der Waals surface area contributed by atoms with E-state index < -0.39 is 0 Å². The van der Waals surface area contributed by atoms with Gasteiger partial charge in [0.15, 0.2) is 11.5 Å². The molecule has 0 N–H and O–H groups in total. The number of imide groups is 1. The van der Waals surface area contributed by atoms with Gasteiger partial charge in [-0.1, -0.05) is 18.2 Å². The summed E-state index contributed by atoms with van der Waals surface area (Å²) in [6.07, 6.45) is 5.41. The van der Waals surface area contributed by atoms with E-state index in [0.29, 0.717) is 25.9 Å². The number of ether oxygens (including phenoxy) is 2. The van der Waals surface area contributed by atoms with Crippen LogP contribution in [-0.2, 0) is 20.9 Å². The van der Waals surface area contributed by atoms with Gasteiger partial charge in [0.2, 0.25) is 24.5 Å². The van der Waals surface area contributed by atoms with Crippen LogP contribution in [0.5, 0.6) is 11.5 Å². The number of hydrogen-bond donors (Lipinski definition) is 0. The van der Waals surface area contributed by atoms with E-state index in [9.17, 15) is 14.4 Å². The highest BCUT2D eigenvalue weighted by molar-refractivity contribution is 6.05. The van der Waals surface area contributed by atoms with Gasteiger partial charge in [-0.25, -0.2) is 0 Å². The second-order valence-corrected chi connectivity index (χ2v) is 8.58. The van der Waals surface area contributed by atoms with Gasteiger partial charge in [-0.15, -0.1) is 0 Å². The number of piperazine rings is 1. The summed E-state index contributed by atoms with van der Waals surface area (Å²) in [5.74, 6) is 0.898. The Balaban J connectivity index is 1.09. The normalized spacial score (nSPS) is 25.3. The second-order valence-electron chi connectivity index (χ2n) is 8.58. The number of hydrogen-bond acceptors (Lipinski definition) is 6. The summed E-state index contributed by atoms with van der Waals surface area (Å²) in [7, 11) is 0. The van der Waals surface area contributed by atoms with Gasteiger partial charge in [0, 0.05) is 45.7 Å². The number of likely N-dealkylation sites (tertiary alicyclic amines) is 1. The molecule has 164 valence electrons. The van der Waals surface area contributed by atoms with Crippen LogP contribution in [-0.4, -0.2) is 71.9 Å². The van der Waals surface area contributed by atoms with Crippen molar-refractivity contribution in [2.75, 3.05) is 39.5 Å². The first-order valence-corrected chi connectivity index (χ1v) is 11.0. The molecule has 0 saturated carbocycles. The fraction of sp³-hybridized carbons (Fsp3) is 0.522. The van der Waals surface area contributed by atoms with E-state index >= 15 is 0 Å². The molecular weight excluding hydrogens is 398 g/mol. The molecule has 3 aliphatic heterocycles. The van der Waals surface area contributed by atoms with Crippen LogP contribution in [0.3, 0.4) is 0 Å². The molecule has 0 radical (unpaired) electrons. The molecular formula is C23H27N3O5. The molecule has 2 saturated heterocycles. The Kier molecular flexibility index (Phi) is 5.40. The molecule has 3 heterocycles. The molecule has 0 spiro atoms. The van der Waals surface area contributed by atoms with Crippen LogP contribution in [0.15, 0.2) is 30.4 Å². The van der Waals surface area contributed by atoms with Crippen LogP contribution in [0, 0.1) is 11.8 Å². The third-order valence-electron chi connectivity index (χ3n) is 6.72. The average Bonchev–Trinajstić information content (AvgIpc) is 3.35. The molecule has 8 nitrogen and oxygen atoms in total. The molecule has 1 aliphatic carbocycles. The van der Waals surface area contributed by atoms with Crippen LogP contribution >= 0.6 is 0 Å². The highest BCUT2D eigenvalue weighted by Gasteiger charge is 2.47. The predicted molar refractivity (Wildman–Crippen MR) is 111 cm³/mol. The topological polar surface area (TPSA) is 79.4 Å². The zero-order valence-electron chi connectivity index (χ0n) is 17.5. The lowest BCUT2D eigenvalue weighted by Gasteiger charge is -2.35. The van der Waals surface area contributed by atoms with Crippen molar-refractivity contribution in [1.82, 2.24) is 14.7 Å².